The molecule has 0 radical (unpaired) electrons. The Morgan fingerprint density at radius 2 is 1.01 bits per heavy atom. The average Bonchev–Trinajstić information content (AvgIpc) is 4.12. The van der Waals surface area contributed by atoms with E-state index in [1.165, 1.54) is 85.0 Å². The number of aryl methyl sites for hydroxylation is 4. The summed E-state index contributed by atoms with van der Waals surface area (Å²) in [6.45, 7) is 22.6. The number of rotatable bonds is 13. The normalized spacial score (nSPS) is 11.2. The molecular weight excluding hydrogens is 879 g/mol. The summed E-state index contributed by atoms with van der Waals surface area (Å²) in [5.41, 5.74) is 14.9. The molecule has 0 aliphatic carbocycles. The second-order valence-electron chi connectivity index (χ2n) is 16.2. The number of fused-ring (bicyclic) bond motifs is 2. The van der Waals surface area contributed by atoms with Crippen LogP contribution in [0.5, 0.6) is 11.5 Å². The van der Waals surface area contributed by atoms with E-state index in [1.807, 2.05) is 70.2 Å². The second-order valence-corrected chi connectivity index (χ2v) is 16.2. The van der Waals surface area contributed by atoms with Gasteiger partial charge in [-0.2, -0.15) is 0 Å². The Hall–Kier alpha value is -5.48. The summed E-state index contributed by atoms with van der Waals surface area (Å²) in [4.78, 5) is 11.5. The van der Waals surface area contributed by atoms with E-state index < -0.39 is 0 Å². The molecular formula is C60H76AlLiN2O6. The van der Waals surface area contributed by atoms with Crippen LogP contribution in [0.15, 0.2) is 146 Å². The summed E-state index contributed by atoms with van der Waals surface area (Å²) < 4.78 is 25.6. The van der Waals surface area contributed by atoms with E-state index in [-0.39, 0.29) is 56.8 Å². The zero-order valence-corrected chi connectivity index (χ0v) is 42.8. The monoisotopic (exact) mass is 955 g/mol. The maximum Gasteiger partial charge on any atom is 1.00 e. The quantitative estimate of drug-likeness (QED) is 0.0916. The predicted octanol–water partition coefficient (Wildman–Crippen LogP) is 10.0. The molecule has 1 N–H and O–H groups in total. The van der Waals surface area contributed by atoms with Gasteiger partial charge < -0.3 is 34.6 Å². The third-order valence-corrected chi connectivity index (χ3v) is 11.4. The van der Waals surface area contributed by atoms with Crippen molar-refractivity contribution in [2.45, 2.75) is 88.2 Å². The van der Waals surface area contributed by atoms with Gasteiger partial charge >= 0.3 is 24.8 Å². The molecule has 0 spiro atoms. The van der Waals surface area contributed by atoms with E-state index >= 15 is 0 Å². The van der Waals surface area contributed by atoms with Gasteiger partial charge in [0.05, 0.1) is 24.6 Å². The van der Waals surface area contributed by atoms with Crippen LogP contribution in [0.1, 0.15) is 82.3 Å². The van der Waals surface area contributed by atoms with Crippen molar-refractivity contribution in [2.24, 2.45) is 0 Å². The van der Waals surface area contributed by atoms with E-state index in [4.69, 9.17) is 24.1 Å². The molecule has 0 bridgehead atoms. The van der Waals surface area contributed by atoms with E-state index in [0.717, 1.165) is 37.6 Å². The molecule has 1 saturated heterocycles. The molecule has 1 aliphatic rings. The summed E-state index contributed by atoms with van der Waals surface area (Å²) in [5, 5.41) is 11.5. The molecule has 366 valence electrons. The minimum absolute atomic E-state index is 0. The first-order chi connectivity index (χ1) is 33.2. The molecule has 9 rings (SSSR count). The first-order valence-corrected chi connectivity index (χ1v) is 24.3. The number of carbonyl (C=O) groups is 1. The van der Waals surface area contributed by atoms with Crippen LogP contribution in [0.2, 0.25) is 0 Å². The van der Waals surface area contributed by atoms with Crippen LogP contribution in [-0.4, -0.2) is 77.2 Å². The molecule has 3 heterocycles. The predicted molar refractivity (Wildman–Crippen MR) is 293 cm³/mol. The Kier molecular flexibility index (Phi) is 26.0. The van der Waals surface area contributed by atoms with E-state index in [1.54, 1.807) is 6.92 Å². The SMILES string of the molecule is C1CCOC1.CC.CC.CCOC(=O)COc1ccc(Cn2c(-c3ccccc3)c(C)c3cc(C)ccc32)cc1.Cc1ccc2c(c1)c(C)c(-c1ccccc1)n2Cc1ccc(OCCO)cc1.[AlH3].[H-].[Li+]. The Morgan fingerprint density at radius 1 is 0.600 bits per heavy atom. The van der Waals surface area contributed by atoms with Gasteiger partial charge in [0.25, 0.3) is 0 Å². The van der Waals surface area contributed by atoms with Gasteiger partial charge in [-0.05, 0) is 129 Å². The van der Waals surface area contributed by atoms with Gasteiger partial charge in [0, 0.05) is 48.1 Å². The Bertz CT molecular complexity index is 2750. The zero-order chi connectivity index (χ0) is 48.8. The van der Waals surface area contributed by atoms with Crippen LogP contribution in [0.4, 0.5) is 0 Å². The zero-order valence-electron chi connectivity index (χ0n) is 43.8. The van der Waals surface area contributed by atoms with Crippen molar-refractivity contribution in [3.63, 3.8) is 0 Å². The molecule has 8 nitrogen and oxygen atoms in total. The summed E-state index contributed by atoms with van der Waals surface area (Å²) >= 11 is 0. The molecule has 0 atom stereocenters. The maximum atomic E-state index is 11.5. The van der Waals surface area contributed by atoms with Crippen molar-refractivity contribution in [3.05, 3.63) is 179 Å². The molecule has 1 fully saturated rings. The molecule has 0 amide bonds. The summed E-state index contributed by atoms with van der Waals surface area (Å²) in [6, 6.07) is 50.5. The Labute approximate surface area is 441 Å². The van der Waals surface area contributed by atoms with Crippen LogP contribution in [0.25, 0.3) is 44.3 Å². The van der Waals surface area contributed by atoms with E-state index in [0.29, 0.717) is 19.0 Å². The smallest absolute Gasteiger partial charge is 1.00 e. The van der Waals surface area contributed by atoms with Gasteiger partial charge in [-0.1, -0.05) is 136 Å². The number of hydrogen-bond acceptors (Lipinski definition) is 6. The number of nitrogens with zero attached hydrogens (tertiary/aromatic N) is 2. The Morgan fingerprint density at radius 3 is 1.39 bits per heavy atom. The fourth-order valence-electron chi connectivity index (χ4n) is 8.30. The van der Waals surface area contributed by atoms with E-state index in [9.17, 15) is 4.79 Å². The van der Waals surface area contributed by atoms with Crippen molar-refractivity contribution < 1.29 is 49.1 Å². The number of aliphatic hydroxyl groups excluding tert-OH is 1. The van der Waals surface area contributed by atoms with Crippen LogP contribution < -0.4 is 28.3 Å². The summed E-state index contributed by atoms with van der Waals surface area (Å²) in [7, 11) is 0. The summed E-state index contributed by atoms with van der Waals surface area (Å²) in [5.74, 6) is 1.08. The van der Waals surface area contributed by atoms with Crippen molar-refractivity contribution in [3.8, 4) is 34.0 Å². The molecule has 0 unspecified atom stereocenters. The third-order valence-electron chi connectivity index (χ3n) is 11.4. The topological polar surface area (TPSA) is 84.1 Å². The average molecular weight is 955 g/mol. The van der Waals surface area contributed by atoms with Gasteiger partial charge in [-0.25, -0.2) is 4.79 Å². The van der Waals surface area contributed by atoms with Gasteiger partial charge in [-0.3, -0.25) is 0 Å². The third kappa shape index (κ3) is 16.0. The first-order valence-electron chi connectivity index (χ1n) is 24.3. The number of aliphatic hydroxyl groups is 1. The maximum absolute atomic E-state index is 11.5. The fraction of sp³-hybridized carbons (Fsp3) is 0.317. The molecule has 6 aromatic carbocycles. The molecule has 0 saturated carbocycles. The molecule has 2 aromatic heterocycles. The number of ether oxygens (including phenoxy) is 4. The number of benzene rings is 6. The minimum atomic E-state index is -0.358. The largest absolute Gasteiger partial charge is 1.00 e. The van der Waals surface area contributed by atoms with Crippen molar-refractivity contribution in [2.75, 3.05) is 39.6 Å². The van der Waals surface area contributed by atoms with Crippen LogP contribution in [0.3, 0.4) is 0 Å². The molecule has 1 aliphatic heterocycles. The number of aromatic nitrogens is 2. The fourth-order valence-corrected chi connectivity index (χ4v) is 8.30. The standard InChI is InChI=1S/C27H27NO3.C25H25NO2.C4H8O.2C2H6.Al.Li.4H/c1-4-30-26(29)18-31-23-13-11-21(12-14-23)17-28-25-15-10-19(2)16-24(25)20(3)27(28)22-8-6-5-7-9-22;1-18-8-13-24-23(16-18)19(2)25(21-6-4-3-5-7-21)26(24)17-20-9-11-22(12-10-20)28-15-14-27;1-2-4-5-3-1;2*1-2;;;;;;/h5-16H,4,17-18H2,1-3H3;3-13,16,27H,14-15,17H2,1-2H3;1-4H2;2*1-2H3;;;;;;/q;;;;;;+1;;;;-1. The second kappa shape index (κ2) is 31.0. The summed E-state index contributed by atoms with van der Waals surface area (Å²) in [6.07, 6.45) is 2.56. The van der Waals surface area contributed by atoms with Crippen LogP contribution in [-0.2, 0) is 27.4 Å². The van der Waals surface area contributed by atoms with Crippen molar-refractivity contribution in [1.29, 1.82) is 0 Å². The number of esters is 1. The molecule has 70 heavy (non-hydrogen) atoms. The van der Waals surface area contributed by atoms with Crippen molar-refractivity contribution >= 4 is 45.1 Å². The van der Waals surface area contributed by atoms with Gasteiger partial charge in [0.2, 0.25) is 0 Å². The van der Waals surface area contributed by atoms with Gasteiger partial charge in [-0.15, -0.1) is 0 Å². The number of carbonyl (C=O) groups excluding carboxylic acids is 1. The van der Waals surface area contributed by atoms with Crippen LogP contribution in [0, 0.1) is 27.7 Å². The molecule has 10 heteroatoms. The minimum Gasteiger partial charge on any atom is -1.00 e. The first kappa shape index (κ1) is 58.8. The van der Waals surface area contributed by atoms with Crippen LogP contribution >= 0.6 is 0 Å². The Balaban J connectivity index is 0.000000402. The van der Waals surface area contributed by atoms with Gasteiger partial charge in [0.1, 0.15) is 18.1 Å². The van der Waals surface area contributed by atoms with E-state index in [2.05, 4.69) is 140 Å². The molecule has 8 aromatic rings. The van der Waals surface area contributed by atoms with Crippen molar-refractivity contribution in [1.82, 2.24) is 9.13 Å². The van der Waals surface area contributed by atoms with Gasteiger partial charge in [0.15, 0.2) is 24.0 Å². The number of hydrogen-bond donors (Lipinski definition) is 1.